The Morgan fingerprint density at radius 2 is 2.27 bits per heavy atom. The van der Waals surface area contributed by atoms with Crippen LogP contribution < -0.4 is 11.1 Å². The lowest BCUT2D eigenvalue weighted by Gasteiger charge is -2.05. The summed E-state index contributed by atoms with van der Waals surface area (Å²) in [5.74, 6) is 0. The van der Waals surface area contributed by atoms with Gasteiger partial charge in [-0.1, -0.05) is 6.42 Å². The van der Waals surface area contributed by atoms with Crippen molar-refractivity contribution in [2.45, 2.75) is 25.3 Å². The average molecular weight is 270 g/mol. The van der Waals surface area contributed by atoms with E-state index in [0.29, 0.717) is 0 Å². The van der Waals surface area contributed by atoms with Gasteiger partial charge < -0.3 is 11.1 Å². The highest BCUT2D eigenvalue weighted by Crippen LogP contribution is 2.02. The zero-order valence-corrected chi connectivity index (χ0v) is 8.93. The molecule has 0 radical (unpaired) electrons. The fourth-order valence-corrected chi connectivity index (χ4v) is 1.09. The number of carbonyl (C=O) groups excluding carboxylic acids is 1. The molecule has 0 heterocycles. The number of hydrogen-bond donors (Lipinski definition) is 2. The highest BCUT2D eigenvalue weighted by Gasteiger charge is 2.07. The second-order valence-electron chi connectivity index (χ2n) is 2.51. The zero-order chi connectivity index (χ0) is 8.69. The summed E-state index contributed by atoms with van der Waals surface area (Å²) in [6.45, 7) is 1.00. The predicted octanol–water partition coefficient (Wildman–Crippen LogP) is 0.665. The number of nitrogens with one attached hydrogen (secondary N) is 1. The Labute approximate surface area is 81.2 Å². The van der Waals surface area contributed by atoms with Gasteiger partial charge in [-0.05, 0) is 26.4 Å². The summed E-state index contributed by atoms with van der Waals surface area (Å²) >= 11 is 1.75. The summed E-state index contributed by atoms with van der Waals surface area (Å²) in [6.07, 6.45) is 2.92. The SMILES string of the molecule is CNCCCC[C@H](N)C(=O)I. The van der Waals surface area contributed by atoms with Crippen LogP contribution in [-0.4, -0.2) is 23.4 Å². The normalized spacial score (nSPS) is 13.0. The van der Waals surface area contributed by atoms with Crippen LogP contribution in [0.2, 0.25) is 0 Å². The van der Waals surface area contributed by atoms with E-state index >= 15 is 0 Å². The molecule has 11 heavy (non-hydrogen) atoms. The van der Waals surface area contributed by atoms with E-state index in [2.05, 4.69) is 5.32 Å². The minimum atomic E-state index is -0.257. The summed E-state index contributed by atoms with van der Waals surface area (Å²) in [5.41, 5.74) is 5.52. The second kappa shape index (κ2) is 7.00. The molecule has 1 atom stereocenters. The van der Waals surface area contributed by atoms with Crippen molar-refractivity contribution in [2.75, 3.05) is 13.6 Å². The largest absolute Gasteiger partial charge is 0.321 e. The molecule has 0 amide bonds. The Balaban J connectivity index is 3.17. The highest BCUT2D eigenvalue weighted by atomic mass is 127. The van der Waals surface area contributed by atoms with E-state index < -0.39 is 0 Å². The first kappa shape index (κ1) is 11.3. The van der Waals surface area contributed by atoms with Crippen molar-refractivity contribution >= 4 is 26.4 Å². The summed E-state index contributed by atoms with van der Waals surface area (Å²) in [6, 6.07) is -0.257. The molecule has 0 aromatic heterocycles. The van der Waals surface area contributed by atoms with Crippen molar-refractivity contribution < 1.29 is 4.79 Å². The van der Waals surface area contributed by atoms with Crippen LogP contribution in [0.15, 0.2) is 0 Å². The van der Waals surface area contributed by atoms with Crippen LogP contribution in [0.25, 0.3) is 0 Å². The van der Waals surface area contributed by atoms with Gasteiger partial charge in [0.25, 0.3) is 0 Å². The minimum absolute atomic E-state index is 0.0621. The number of unbranched alkanes of at least 4 members (excludes halogenated alkanes) is 1. The molecule has 0 bridgehead atoms. The monoisotopic (exact) mass is 270 g/mol. The molecule has 0 saturated carbocycles. The van der Waals surface area contributed by atoms with E-state index in [1.54, 1.807) is 22.6 Å². The van der Waals surface area contributed by atoms with Crippen LogP contribution in [0, 0.1) is 0 Å². The van der Waals surface area contributed by atoms with Crippen molar-refractivity contribution in [3.05, 3.63) is 0 Å². The maximum Gasteiger partial charge on any atom is 0.208 e. The summed E-state index contributed by atoms with van der Waals surface area (Å²) in [5, 5.41) is 3.04. The number of halogens is 1. The molecule has 0 aliphatic carbocycles. The molecule has 0 aliphatic rings. The van der Waals surface area contributed by atoms with Crippen molar-refractivity contribution in [1.82, 2.24) is 5.32 Å². The van der Waals surface area contributed by atoms with Gasteiger partial charge in [-0.2, -0.15) is 0 Å². The zero-order valence-electron chi connectivity index (χ0n) is 6.77. The lowest BCUT2D eigenvalue weighted by atomic mass is 10.1. The molecular formula is C7H15IN2O. The summed E-state index contributed by atoms with van der Waals surface area (Å²) in [4.78, 5) is 10.7. The summed E-state index contributed by atoms with van der Waals surface area (Å²) < 4.78 is 0.0621. The van der Waals surface area contributed by atoms with E-state index in [1.807, 2.05) is 7.05 Å². The molecule has 66 valence electrons. The van der Waals surface area contributed by atoms with Crippen LogP contribution in [0.3, 0.4) is 0 Å². The molecule has 0 aromatic carbocycles. The van der Waals surface area contributed by atoms with Crippen LogP contribution in [0.4, 0.5) is 0 Å². The van der Waals surface area contributed by atoms with Crippen LogP contribution in [0.1, 0.15) is 19.3 Å². The third-order valence-electron chi connectivity index (χ3n) is 1.48. The number of hydrogen-bond acceptors (Lipinski definition) is 3. The first-order valence-corrected chi connectivity index (χ1v) is 4.86. The third kappa shape index (κ3) is 6.71. The van der Waals surface area contributed by atoms with Crippen molar-refractivity contribution in [3.8, 4) is 0 Å². The number of rotatable bonds is 6. The average Bonchev–Trinajstić information content (AvgIpc) is 1.97. The topological polar surface area (TPSA) is 55.1 Å². The maximum absolute atomic E-state index is 10.7. The Morgan fingerprint density at radius 1 is 1.64 bits per heavy atom. The molecule has 0 fully saturated rings. The molecule has 0 spiro atoms. The quantitative estimate of drug-likeness (QED) is 0.423. The van der Waals surface area contributed by atoms with Crippen LogP contribution in [-0.2, 0) is 4.79 Å². The first-order valence-electron chi connectivity index (χ1n) is 3.78. The second-order valence-corrected chi connectivity index (χ2v) is 3.57. The molecule has 3 N–H and O–H groups in total. The molecule has 0 saturated heterocycles. The van der Waals surface area contributed by atoms with Gasteiger partial charge in [-0.25, -0.2) is 0 Å². The van der Waals surface area contributed by atoms with Gasteiger partial charge in [0.1, 0.15) is 0 Å². The molecule has 0 rings (SSSR count). The lowest BCUT2D eigenvalue weighted by molar-refractivity contribution is -0.110. The molecule has 3 nitrogen and oxygen atoms in total. The maximum atomic E-state index is 10.7. The van der Waals surface area contributed by atoms with E-state index in [-0.39, 0.29) is 9.83 Å². The van der Waals surface area contributed by atoms with E-state index in [1.165, 1.54) is 0 Å². The number of nitrogens with two attached hydrogens (primary N) is 1. The van der Waals surface area contributed by atoms with Crippen molar-refractivity contribution in [3.63, 3.8) is 0 Å². The third-order valence-corrected chi connectivity index (χ3v) is 2.28. The van der Waals surface area contributed by atoms with Gasteiger partial charge in [0.2, 0.25) is 3.79 Å². The molecule has 4 heteroatoms. The highest BCUT2D eigenvalue weighted by molar-refractivity contribution is 14.1. The lowest BCUT2D eigenvalue weighted by Crippen LogP contribution is -2.26. The standard InChI is InChI=1S/C7H15IN2O/c1-10-5-3-2-4-6(9)7(8)11/h6,10H,2-5,9H2,1H3/t6-/m0/s1. The van der Waals surface area contributed by atoms with Crippen LogP contribution >= 0.6 is 22.6 Å². The van der Waals surface area contributed by atoms with E-state index in [0.717, 1.165) is 25.8 Å². The van der Waals surface area contributed by atoms with Crippen LogP contribution in [0.5, 0.6) is 0 Å². The number of carbonyl (C=O) groups is 1. The van der Waals surface area contributed by atoms with Gasteiger partial charge in [-0.3, -0.25) is 4.79 Å². The van der Waals surface area contributed by atoms with Gasteiger partial charge in [0.05, 0.1) is 6.04 Å². The van der Waals surface area contributed by atoms with E-state index in [4.69, 9.17) is 5.73 Å². The Bertz CT molecular complexity index is 119. The molecular weight excluding hydrogens is 255 g/mol. The Hall–Kier alpha value is 0.320. The minimum Gasteiger partial charge on any atom is -0.321 e. The Kier molecular flexibility index (Phi) is 7.20. The molecule has 0 aromatic rings. The fraction of sp³-hybridized carbons (Fsp3) is 0.857. The van der Waals surface area contributed by atoms with Gasteiger partial charge >= 0.3 is 0 Å². The first-order chi connectivity index (χ1) is 5.18. The van der Waals surface area contributed by atoms with E-state index in [9.17, 15) is 4.79 Å². The summed E-state index contributed by atoms with van der Waals surface area (Å²) in [7, 11) is 1.92. The Morgan fingerprint density at radius 3 is 2.73 bits per heavy atom. The van der Waals surface area contributed by atoms with Gasteiger partial charge in [0, 0.05) is 22.6 Å². The molecule has 0 unspecified atom stereocenters. The predicted molar refractivity (Wildman–Crippen MR) is 54.8 cm³/mol. The smallest absolute Gasteiger partial charge is 0.208 e. The van der Waals surface area contributed by atoms with Crippen molar-refractivity contribution in [1.29, 1.82) is 0 Å². The van der Waals surface area contributed by atoms with Gasteiger partial charge in [0.15, 0.2) is 0 Å². The van der Waals surface area contributed by atoms with Crippen molar-refractivity contribution in [2.24, 2.45) is 5.73 Å². The van der Waals surface area contributed by atoms with Gasteiger partial charge in [-0.15, -0.1) is 0 Å². The molecule has 0 aliphatic heterocycles. The fourth-order valence-electron chi connectivity index (χ4n) is 0.780.